The molecule has 7 nitrogen and oxygen atoms in total. The van der Waals surface area contributed by atoms with Crippen molar-refractivity contribution >= 4 is 27.3 Å². The zero-order chi connectivity index (χ0) is 21.1. The van der Waals surface area contributed by atoms with E-state index < -0.39 is 10.0 Å². The number of aromatic nitrogens is 1. The average Bonchev–Trinajstić information content (AvgIpc) is 3.44. The van der Waals surface area contributed by atoms with Crippen LogP contribution in [0.2, 0.25) is 0 Å². The van der Waals surface area contributed by atoms with E-state index >= 15 is 0 Å². The van der Waals surface area contributed by atoms with Crippen LogP contribution in [0.15, 0.2) is 23.1 Å². The summed E-state index contributed by atoms with van der Waals surface area (Å²) in [6, 6.07) is 4.47. The van der Waals surface area contributed by atoms with Gasteiger partial charge in [0.2, 0.25) is 10.0 Å². The fourth-order valence-corrected chi connectivity index (χ4v) is 6.27. The van der Waals surface area contributed by atoms with Crippen molar-refractivity contribution in [2.45, 2.75) is 62.3 Å². The van der Waals surface area contributed by atoms with Gasteiger partial charge in [-0.3, -0.25) is 4.79 Å². The minimum atomic E-state index is -3.72. The highest BCUT2D eigenvalue weighted by Crippen LogP contribution is 2.29. The van der Waals surface area contributed by atoms with Gasteiger partial charge in [-0.2, -0.15) is 0 Å². The van der Waals surface area contributed by atoms with Crippen molar-refractivity contribution in [3.63, 3.8) is 0 Å². The molecule has 2 aliphatic carbocycles. The predicted molar refractivity (Wildman–Crippen MR) is 116 cm³/mol. The largest absolute Gasteiger partial charge is 0.495 e. The minimum Gasteiger partial charge on any atom is -0.495 e. The summed E-state index contributed by atoms with van der Waals surface area (Å²) < 4.78 is 33.0. The van der Waals surface area contributed by atoms with Gasteiger partial charge in [0, 0.05) is 29.4 Å². The van der Waals surface area contributed by atoms with Crippen LogP contribution in [0.5, 0.6) is 5.75 Å². The smallest absolute Gasteiger partial charge is 0.251 e. The molecule has 1 heterocycles. The Morgan fingerprint density at radius 3 is 2.80 bits per heavy atom. The number of ether oxygens (including phenoxy) is 1. The van der Waals surface area contributed by atoms with Gasteiger partial charge < -0.3 is 10.1 Å². The summed E-state index contributed by atoms with van der Waals surface area (Å²) in [5, 5.41) is 4.02. The summed E-state index contributed by atoms with van der Waals surface area (Å²) in [6.45, 7) is 0.511. The van der Waals surface area contributed by atoms with Gasteiger partial charge in [0.1, 0.15) is 10.6 Å². The number of thiazole rings is 1. The lowest BCUT2D eigenvalue weighted by Crippen LogP contribution is -2.28. The molecule has 2 aliphatic rings. The van der Waals surface area contributed by atoms with Gasteiger partial charge in [-0.15, -0.1) is 11.3 Å². The van der Waals surface area contributed by atoms with Crippen LogP contribution in [0.1, 0.15) is 58.0 Å². The number of amides is 1. The van der Waals surface area contributed by atoms with E-state index in [0.717, 1.165) is 43.5 Å². The van der Waals surface area contributed by atoms with Crippen LogP contribution in [0, 0.1) is 0 Å². The molecule has 30 heavy (non-hydrogen) atoms. The summed E-state index contributed by atoms with van der Waals surface area (Å²) >= 11 is 1.80. The molecule has 4 rings (SSSR count). The minimum absolute atomic E-state index is 0.00193. The van der Waals surface area contributed by atoms with Crippen molar-refractivity contribution < 1.29 is 17.9 Å². The van der Waals surface area contributed by atoms with Crippen LogP contribution in [0.25, 0.3) is 0 Å². The monoisotopic (exact) mass is 449 g/mol. The fraction of sp³-hybridized carbons (Fsp3) is 0.524. The molecule has 162 valence electrons. The van der Waals surface area contributed by atoms with Gasteiger partial charge in [-0.1, -0.05) is 0 Å². The Morgan fingerprint density at radius 2 is 2.07 bits per heavy atom. The normalized spacial score (nSPS) is 16.2. The first-order chi connectivity index (χ1) is 14.5. The van der Waals surface area contributed by atoms with Gasteiger partial charge in [0.15, 0.2) is 0 Å². The Labute approximate surface area is 181 Å². The van der Waals surface area contributed by atoms with E-state index in [-0.39, 0.29) is 22.6 Å². The van der Waals surface area contributed by atoms with E-state index in [1.807, 2.05) is 0 Å². The second kappa shape index (κ2) is 9.03. The Hall–Kier alpha value is -1.97. The topological polar surface area (TPSA) is 97.4 Å². The number of fused-ring (bicyclic) bond motifs is 1. The second-order valence-electron chi connectivity index (χ2n) is 7.81. The molecule has 1 saturated carbocycles. The molecule has 1 aromatic carbocycles. The highest BCUT2D eigenvalue weighted by molar-refractivity contribution is 7.89. The summed E-state index contributed by atoms with van der Waals surface area (Å²) in [4.78, 5) is 18.7. The summed E-state index contributed by atoms with van der Waals surface area (Å²) in [5.41, 5.74) is 1.56. The number of benzene rings is 1. The molecule has 0 saturated heterocycles. The number of carbonyl (C=O) groups excluding carboxylic acids is 1. The summed E-state index contributed by atoms with van der Waals surface area (Å²) in [6.07, 6.45) is 8.01. The van der Waals surface area contributed by atoms with E-state index in [9.17, 15) is 13.2 Å². The lowest BCUT2D eigenvalue weighted by molar-refractivity contribution is 0.0953. The molecule has 9 heteroatoms. The average molecular weight is 450 g/mol. The van der Waals surface area contributed by atoms with E-state index in [4.69, 9.17) is 9.72 Å². The molecule has 0 spiro atoms. The molecule has 0 aliphatic heterocycles. The van der Waals surface area contributed by atoms with Crippen LogP contribution in [-0.2, 0) is 29.3 Å². The van der Waals surface area contributed by atoms with Crippen molar-refractivity contribution in [2.24, 2.45) is 0 Å². The zero-order valence-electron chi connectivity index (χ0n) is 17.1. The Balaban J connectivity index is 1.35. The van der Waals surface area contributed by atoms with Crippen molar-refractivity contribution in [3.8, 4) is 5.75 Å². The zero-order valence-corrected chi connectivity index (χ0v) is 18.7. The van der Waals surface area contributed by atoms with Crippen LogP contribution in [0.3, 0.4) is 0 Å². The van der Waals surface area contributed by atoms with Crippen molar-refractivity contribution in [1.29, 1.82) is 0 Å². The first kappa shape index (κ1) is 21.3. The molecule has 2 N–H and O–H groups in total. The van der Waals surface area contributed by atoms with Crippen molar-refractivity contribution in [1.82, 2.24) is 15.0 Å². The van der Waals surface area contributed by atoms with Gasteiger partial charge >= 0.3 is 0 Å². The third kappa shape index (κ3) is 5.01. The first-order valence-corrected chi connectivity index (χ1v) is 12.7. The van der Waals surface area contributed by atoms with Gasteiger partial charge in [-0.25, -0.2) is 18.1 Å². The Bertz CT molecular complexity index is 1010. The number of hydrogen-bond donors (Lipinski definition) is 2. The second-order valence-corrected chi connectivity index (χ2v) is 10.7. The maximum Gasteiger partial charge on any atom is 0.251 e. The quantitative estimate of drug-likeness (QED) is 0.574. The lowest BCUT2D eigenvalue weighted by atomic mass is 10.0. The lowest BCUT2D eigenvalue weighted by Gasteiger charge is -2.12. The van der Waals surface area contributed by atoms with Crippen LogP contribution in [-0.4, -0.2) is 39.0 Å². The third-order valence-electron chi connectivity index (χ3n) is 5.36. The number of hydrogen-bond acceptors (Lipinski definition) is 6. The maximum atomic E-state index is 12.6. The SMILES string of the molecule is COc1ccc(C(=O)NCCCc2nc3c(s2)CCCC3)cc1S(=O)(=O)NC1CC1. The van der Waals surface area contributed by atoms with E-state index in [1.54, 1.807) is 17.4 Å². The number of sulfonamides is 1. The van der Waals surface area contributed by atoms with Gasteiger partial charge in [0.25, 0.3) is 5.91 Å². The Morgan fingerprint density at radius 1 is 1.27 bits per heavy atom. The molecule has 0 atom stereocenters. The number of nitrogens with one attached hydrogen (secondary N) is 2. The molecule has 1 fully saturated rings. The fourth-order valence-electron chi connectivity index (χ4n) is 3.57. The molecular formula is C21H27N3O4S2. The molecule has 1 aromatic heterocycles. The predicted octanol–water partition coefficient (Wildman–Crippen LogP) is 2.83. The molecule has 0 radical (unpaired) electrons. The van der Waals surface area contributed by atoms with Crippen molar-refractivity contribution in [2.75, 3.05) is 13.7 Å². The number of carbonyl (C=O) groups is 1. The highest BCUT2D eigenvalue weighted by Gasteiger charge is 2.30. The number of rotatable bonds is 9. The van der Waals surface area contributed by atoms with Gasteiger partial charge in [-0.05, 0) is 63.1 Å². The number of aryl methyl sites for hydroxylation is 3. The summed E-state index contributed by atoms with van der Waals surface area (Å²) in [7, 11) is -2.30. The van der Waals surface area contributed by atoms with E-state index in [1.165, 1.54) is 42.7 Å². The van der Waals surface area contributed by atoms with Crippen LogP contribution >= 0.6 is 11.3 Å². The highest BCUT2D eigenvalue weighted by atomic mass is 32.2. The van der Waals surface area contributed by atoms with E-state index in [2.05, 4.69) is 10.0 Å². The van der Waals surface area contributed by atoms with Crippen LogP contribution in [0.4, 0.5) is 0 Å². The molecule has 0 unspecified atom stereocenters. The van der Waals surface area contributed by atoms with Gasteiger partial charge in [0.05, 0.1) is 17.8 Å². The standard InChI is InChI=1S/C21H27N3O4S2/c1-28-17-11-8-14(13-19(17)30(26,27)24-15-9-10-15)21(25)22-12-4-7-20-23-16-5-2-3-6-18(16)29-20/h8,11,13,15,24H,2-7,9-10,12H2,1H3,(H,22,25). The molecule has 0 bridgehead atoms. The number of methoxy groups -OCH3 is 1. The molecule has 1 amide bonds. The molecular weight excluding hydrogens is 422 g/mol. The number of nitrogens with zero attached hydrogens (tertiary/aromatic N) is 1. The maximum absolute atomic E-state index is 12.6. The van der Waals surface area contributed by atoms with Crippen molar-refractivity contribution in [3.05, 3.63) is 39.3 Å². The molecule has 2 aromatic rings. The third-order valence-corrected chi connectivity index (χ3v) is 8.12. The first-order valence-electron chi connectivity index (χ1n) is 10.4. The van der Waals surface area contributed by atoms with E-state index in [0.29, 0.717) is 12.1 Å². The summed E-state index contributed by atoms with van der Waals surface area (Å²) in [5.74, 6) is -0.0635. The Kier molecular flexibility index (Phi) is 6.40. The van der Waals surface area contributed by atoms with Crippen LogP contribution < -0.4 is 14.8 Å².